The molecule has 3 aliphatic rings. The number of urea groups is 1. The molecule has 0 saturated carbocycles. The summed E-state index contributed by atoms with van der Waals surface area (Å²) < 4.78 is 0. The summed E-state index contributed by atoms with van der Waals surface area (Å²) in [5.41, 5.74) is 4.74. The third-order valence-electron chi connectivity index (χ3n) is 5.41. The van der Waals surface area contributed by atoms with Gasteiger partial charge in [0.2, 0.25) is 5.91 Å². The Morgan fingerprint density at radius 1 is 1.29 bits per heavy atom. The Morgan fingerprint density at radius 3 is 2.52 bits per heavy atom. The summed E-state index contributed by atoms with van der Waals surface area (Å²) in [6.07, 6.45) is 2.75. The zero-order chi connectivity index (χ0) is 15.4. The van der Waals surface area contributed by atoms with E-state index >= 15 is 0 Å². The molecule has 0 aliphatic carbocycles. The van der Waals surface area contributed by atoms with Gasteiger partial charge in [-0.1, -0.05) is 0 Å². The van der Waals surface area contributed by atoms with Crippen molar-refractivity contribution in [1.29, 1.82) is 0 Å². The Morgan fingerprint density at radius 2 is 2.00 bits per heavy atom. The topological polar surface area (TPSA) is 104 Å². The molecule has 0 radical (unpaired) electrons. The van der Waals surface area contributed by atoms with E-state index in [4.69, 9.17) is 5.73 Å². The molecule has 3 N–H and O–H groups in total. The molecule has 21 heavy (non-hydrogen) atoms. The summed E-state index contributed by atoms with van der Waals surface area (Å²) in [7, 11) is 0. The van der Waals surface area contributed by atoms with Gasteiger partial charge in [0.05, 0.1) is 11.3 Å². The van der Waals surface area contributed by atoms with Gasteiger partial charge in [0.15, 0.2) is 0 Å². The largest absolute Gasteiger partial charge is 0.481 e. The summed E-state index contributed by atoms with van der Waals surface area (Å²) in [6.45, 7) is 2.61. The number of aliphatic carboxylic acids is 1. The van der Waals surface area contributed by atoms with Gasteiger partial charge in [-0.05, 0) is 32.6 Å². The molecule has 7 heteroatoms. The van der Waals surface area contributed by atoms with Crippen molar-refractivity contribution in [2.24, 2.45) is 17.1 Å². The maximum Gasteiger partial charge on any atom is 0.320 e. The molecular formula is C14H21N3O4. The quantitative estimate of drug-likeness (QED) is 0.761. The summed E-state index contributed by atoms with van der Waals surface area (Å²) >= 11 is 0. The van der Waals surface area contributed by atoms with Crippen LogP contribution in [0.25, 0.3) is 0 Å². The predicted octanol–water partition coefficient (Wildman–Crippen LogP) is 0.241. The molecule has 4 unspecified atom stereocenters. The Hall–Kier alpha value is -1.79. The third kappa shape index (κ3) is 2.06. The highest BCUT2D eigenvalue weighted by molar-refractivity contribution is 5.84. The fourth-order valence-electron chi connectivity index (χ4n) is 4.04. The van der Waals surface area contributed by atoms with Gasteiger partial charge in [-0.2, -0.15) is 0 Å². The molecule has 0 aromatic carbocycles. The van der Waals surface area contributed by atoms with Crippen LogP contribution in [0.5, 0.6) is 0 Å². The minimum atomic E-state index is -0.816. The molecule has 3 rings (SSSR count). The van der Waals surface area contributed by atoms with Crippen molar-refractivity contribution in [3.05, 3.63) is 0 Å². The van der Waals surface area contributed by atoms with Crippen LogP contribution in [0.15, 0.2) is 0 Å². The molecule has 4 atom stereocenters. The molecule has 0 aromatic heterocycles. The van der Waals surface area contributed by atoms with Crippen molar-refractivity contribution in [2.45, 2.75) is 44.7 Å². The van der Waals surface area contributed by atoms with E-state index < -0.39 is 17.3 Å². The van der Waals surface area contributed by atoms with Gasteiger partial charge >= 0.3 is 12.0 Å². The second-order valence-electron chi connectivity index (χ2n) is 6.77. The van der Waals surface area contributed by atoms with Gasteiger partial charge in [0, 0.05) is 25.2 Å². The number of carboxylic acids is 1. The lowest BCUT2D eigenvalue weighted by Crippen LogP contribution is -2.47. The number of hydrogen-bond donors (Lipinski definition) is 2. The number of fused-ring (bicyclic) bond motifs is 2. The summed E-state index contributed by atoms with van der Waals surface area (Å²) in [6, 6.07) is -0.291. The first kappa shape index (κ1) is 14.2. The van der Waals surface area contributed by atoms with Crippen LogP contribution in [0, 0.1) is 11.3 Å². The van der Waals surface area contributed by atoms with E-state index in [0.29, 0.717) is 25.9 Å². The zero-order valence-electron chi connectivity index (χ0n) is 12.1. The first-order valence-corrected chi connectivity index (χ1v) is 7.43. The zero-order valence-corrected chi connectivity index (χ0v) is 12.1. The minimum absolute atomic E-state index is 0.0315. The highest BCUT2D eigenvalue weighted by atomic mass is 16.4. The minimum Gasteiger partial charge on any atom is -0.481 e. The Bertz CT molecular complexity index is 508. The van der Waals surface area contributed by atoms with Gasteiger partial charge in [-0.3, -0.25) is 9.59 Å². The molecule has 3 aliphatic heterocycles. The number of carbonyl (C=O) groups is 3. The second kappa shape index (κ2) is 4.61. The molecule has 7 nitrogen and oxygen atoms in total. The van der Waals surface area contributed by atoms with Crippen LogP contribution in [0.2, 0.25) is 0 Å². The number of likely N-dealkylation sites (tertiary alicyclic amines) is 1. The third-order valence-corrected chi connectivity index (χ3v) is 5.41. The highest BCUT2D eigenvalue weighted by Crippen LogP contribution is 2.43. The van der Waals surface area contributed by atoms with Crippen LogP contribution in [-0.2, 0) is 9.59 Å². The summed E-state index contributed by atoms with van der Waals surface area (Å²) in [5, 5.41) is 9.24. The van der Waals surface area contributed by atoms with Gasteiger partial charge in [-0.25, -0.2) is 4.79 Å². The fraction of sp³-hybridized carbons (Fsp3) is 0.786. The van der Waals surface area contributed by atoms with E-state index in [-0.39, 0.29) is 24.0 Å². The van der Waals surface area contributed by atoms with Crippen LogP contribution in [-0.4, -0.2) is 58.0 Å². The van der Waals surface area contributed by atoms with Gasteiger partial charge < -0.3 is 20.6 Å². The smallest absolute Gasteiger partial charge is 0.320 e. The number of carbonyl (C=O) groups excluding carboxylic acids is 2. The fourth-order valence-corrected chi connectivity index (χ4v) is 4.04. The molecular weight excluding hydrogens is 274 g/mol. The van der Waals surface area contributed by atoms with Crippen molar-refractivity contribution in [3.8, 4) is 0 Å². The van der Waals surface area contributed by atoms with Crippen molar-refractivity contribution >= 4 is 17.9 Å². The standard InChI is InChI=1S/C14H21N3O4/c1-14(12(15)20)4-5-16(7-14)13(21)17-8-2-3-10(17)9(6-8)11(18)19/h8-10H,2-7H2,1H3,(H2,15,20)(H,18,19). The van der Waals surface area contributed by atoms with E-state index in [0.717, 1.165) is 12.8 Å². The monoisotopic (exact) mass is 295 g/mol. The maximum atomic E-state index is 12.7. The summed E-state index contributed by atoms with van der Waals surface area (Å²) in [4.78, 5) is 38.8. The lowest BCUT2D eigenvalue weighted by Gasteiger charge is -2.29. The Balaban J connectivity index is 1.73. The number of nitrogens with zero attached hydrogens (tertiary/aromatic N) is 2. The number of amides is 3. The Kier molecular flexibility index (Phi) is 3.11. The molecule has 0 aromatic rings. The number of primary amides is 1. The normalized spacial score (nSPS) is 38.0. The van der Waals surface area contributed by atoms with Crippen molar-refractivity contribution in [2.75, 3.05) is 13.1 Å². The first-order chi connectivity index (χ1) is 9.83. The van der Waals surface area contributed by atoms with Gasteiger partial charge in [-0.15, -0.1) is 0 Å². The lowest BCUT2D eigenvalue weighted by molar-refractivity contribution is -0.142. The summed E-state index contributed by atoms with van der Waals surface area (Å²) in [5.74, 6) is -1.65. The second-order valence-corrected chi connectivity index (χ2v) is 6.77. The molecule has 2 bridgehead atoms. The molecule has 3 saturated heterocycles. The van der Waals surface area contributed by atoms with E-state index in [1.807, 2.05) is 0 Å². The SMILES string of the molecule is CC1(C(N)=O)CCN(C(=O)N2C3CCC2C(C(=O)O)C3)C1. The molecule has 116 valence electrons. The number of hydrogen-bond acceptors (Lipinski definition) is 3. The first-order valence-electron chi connectivity index (χ1n) is 7.43. The average Bonchev–Trinajstić information content (AvgIpc) is 3.10. The van der Waals surface area contributed by atoms with E-state index in [1.165, 1.54) is 0 Å². The number of carboxylic acid groups (broad SMARTS) is 1. The van der Waals surface area contributed by atoms with E-state index in [9.17, 15) is 19.5 Å². The van der Waals surface area contributed by atoms with E-state index in [1.54, 1.807) is 16.7 Å². The average molecular weight is 295 g/mol. The van der Waals surface area contributed by atoms with Gasteiger partial charge in [0.1, 0.15) is 0 Å². The molecule has 3 fully saturated rings. The Labute approximate surface area is 123 Å². The number of nitrogens with two attached hydrogens (primary N) is 1. The lowest BCUT2D eigenvalue weighted by atomic mass is 9.89. The molecule has 3 heterocycles. The maximum absolute atomic E-state index is 12.7. The van der Waals surface area contributed by atoms with Crippen LogP contribution < -0.4 is 5.73 Å². The molecule has 3 amide bonds. The molecule has 0 spiro atoms. The van der Waals surface area contributed by atoms with Gasteiger partial charge in [0.25, 0.3) is 0 Å². The van der Waals surface area contributed by atoms with Crippen molar-refractivity contribution in [1.82, 2.24) is 9.80 Å². The highest BCUT2D eigenvalue weighted by Gasteiger charge is 2.53. The number of rotatable bonds is 2. The van der Waals surface area contributed by atoms with Crippen LogP contribution >= 0.6 is 0 Å². The predicted molar refractivity (Wildman–Crippen MR) is 73.3 cm³/mol. The van der Waals surface area contributed by atoms with Crippen LogP contribution in [0.3, 0.4) is 0 Å². The van der Waals surface area contributed by atoms with E-state index in [2.05, 4.69) is 0 Å². The van der Waals surface area contributed by atoms with Crippen LogP contribution in [0.1, 0.15) is 32.6 Å². The van der Waals surface area contributed by atoms with Crippen LogP contribution in [0.4, 0.5) is 4.79 Å². The van der Waals surface area contributed by atoms with Crippen molar-refractivity contribution < 1.29 is 19.5 Å². The van der Waals surface area contributed by atoms with Crippen molar-refractivity contribution in [3.63, 3.8) is 0 Å².